The van der Waals surface area contributed by atoms with Gasteiger partial charge in [0.1, 0.15) is 22.9 Å². The average Bonchev–Trinajstić information content (AvgIpc) is 3.32. The quantitative estimate of drug-likeness (QED) is 0.443. The SMILES string of the molecule is CCC(Nc1c(Nc2ccc(Cl)c3c2C(=O)N(CC(N)=O)C3)c(=O)c1=O)c1ccc(C)o1. The summed E-state index contributed by atoms with van der Waals surface area (Å²) in [5.74, 6) is 0.298. The Balaban J connectivity index is 1.65. The summed E-state index contributed by atoms with van der Waals surface area (Å²) in [4.78, 5) is 50.0. The number of hydrogen-bond acceptors (Lipinski definition) is 7. The van der Waals surface area contributed by atoms with Gasteiger partial charge >= 0.3 is 0 Å². The molecule has 4 rings (SSSR count). The zero-order chi connectivity index (χ0) is 23.2. The Bertz CT molecular complexity index is 1300. The molecule has 1 aliphatic heterocycles. The zero-order valence-corrected chi connectivity index (χ0v) is 18.2. The van der Waals surface area contributed by atoms with Crippen LogP contribution in [0.1, 0.15) is 46.8 Å². The number of nitrogens with two attached hydrogens (primary N) is 1. The van der Waals surface area contributed by atoms with Crippen LogP contribution in [0.2, 0.25) is 5.02 Å². The molecule has 0 radical (unpaired) electrons. The first-order chi connectivity index (χ1) is 15.2. The number of fused-ring (bicyclic) bond motifs is 1. The molecule has 10 heteroatoms. The maximum atomic E-state index is 12.9. The summed E-state index contributed by atoms with van der Waals surface area (Å²) in [5, 5.41) is 6.35. The van der Waals surface area contributed by atoms with Crippen LogP contribution in [0.25, 0.3) is 0 Å². The monoisotopic (exact) mass is 456 g/mol. The highest BCUT2D eigenvalue weighted by Crippen LogP contribution is 2.37. The van der Waals surface area contributed by atoms with Crippen LogP contribution in [0.3, 0.4) is 0 Å². The minimum atomic E-state index is -0.693. The van der Waals surface area contributed by atoms with Crippen molar-refractivity contribution in [3.63, 3.8) is 0 Å². The van der Waals surface area contributed by atoms with Gasteiger partial charge in [0.2, 0.25) is 5.91 Å². The Kier molecular flexibility index (Phi) is 5.52. The molecule has 0 bridgehead atoms. The van der Waals surface area contributed by atoms with E-state index in [1.54, 1.807) is 12.1 Å². The molecule has 4 N–H and O–H groups in total. The van der Waals surface area contributed by atoms with Gasteiger partial charge in [0.15, 0.2) is 0 Å². The number of benzene rings is 1. The molecule has 1 aromatic heterocycles. The van der Waals surface area contributed by atoms with Crippen molar-refractivity contribution < 1.29 is 14.0 Å². The molecular weight excluding hydrogens is 436 g/mol. The lowest BCUT2D eigenvalue weighted by atomic mass is 10.1. The summed E-state index contributed by atoms with van der Waals surface area (Å²) in [7, 11) is 0. The number of amides is 2. The maximum Gasteiger partial charge on any atom is 0.257 e. The fourth-order valence-corrected chi connectivity index (χ4v) is 4.05. The number of nitrogens with one attached hydrogen (secondary N) is 2. The Morgan fingerprint density at radius 3 is 2.53 bits per heavy atom. The van der Waals surface area contributed by atoms with E-state index in [4.69, 9.17) is 21.8 Å². The van der Waals surface area contributed by atoms with E-state index in [9.17, 15) is 19.2 Å². The van der Waals surface area contributed by atoms with Gasteiger partial charge in [-0.15, -0.1) is 0 Å². The number of furan rings is 1. The van der Waals surface area contributed by atoms with Crippen molar-refractivity contribution in [1.29, 1.82) is 0 Å². The molecule has 2 amide bonds. The first kappa shape index (κ1) is 21.6. The van der Waals surface area contributed by atoms with Crippen LogP contribution in [0.5, 0.6) is 0 Å². The minimum absolute atomic E-state index is 0.0578. The molecule has 32 heavy (non-hydrogen) atoms. The molecule has 3 aromatic rings. The van der Waals surface area contributed by atoms with Crippen LogP contribution in [0.15, 0.2) is 38.3 Å². The van der Waals surface area contributed by atoms with Crippen molar-refractivity contribution in [2.75, 3.05) is 17.2 Å². The number of hydrogen-bond donors (Lipinski definition) is 3. The van der Waals surface area contributed by atoms with Gasteiger partial charge in [-0.1, -0.05) is 18.5 Å². The van der Waals surface area contributed by atoms with Crippen LogP contribution in [0.4, 0.5) is 17.1 Å². The second kappa shape index (κ2) is 8.16. The van der Waals surface area contributed by atoms with E-state index >= 15 is 0 Å². The van der Waals surface area contributed by atoms with Crippen molar-refractivity contribution >= 4 is 40.5 Å². The molecule has 1 aliphatic rings. The summed E-state index contributed by atoms with van der Waals surface area (Å²) >= 11 is 6.25. The van der Waals surface area contributed by atoms with Crippen LogP contribution in [-0.2, 0) is 11.3 Å². The molecule has 0 saturated heterocycles. The zero-order valence-electron chi connectivity index (χ0n) is 17.5. The second-order valence-corrected chi connectivity index (χ2v) is 8.07. The summed E-state index contributed by atoms with van der Waals surface area (Å²) in [5.41, 5.74) is 5.15. The predicted octanol–water partition coefficient (Wildman–Crippen LogP) is 2.59. The van der Waals surface area contributed by atoms with Gasteiger partial charge in [-0.05, 0) is 37.6 Å². The predicted molar refractivity (Wildman–Crippen MR) is 120 cm³/mol. The Morgan fingerprint density at radius 2 is 1.91 bits per heavy atom. The van der Waals surface area contributed by atoms with E-state index in [1.165, 1.54) is 4.90 Å². The molecule has 2 heterocycles. The van der Waals surface area contributed by atoms with Crippen molar-refractivity contribution in [2.45, 2.75) is 32.9 Å². The van der Waals surface area contributed by atoms with Crippen LogP contribution < -0.4 is 27.2 Å². The molecule has 0 saturated carbocycles. The fraction of sp³-hybridized carbons (Fsp3) is 0.273. The molecule has 1 unspecified atom stereocenters. The van der Waals surface area contributed by atoms with E-state index in [0.717, 1.165) is 5.76 Å². The van der Waals surface area contributed by atoms with Gasteiger partial charge in [-0.3, -0.25) is 19.2 Å². The topological polar surface area (TPSA) is 135 Å². The Hall–Kier alpha value is -3.59. The number of primary amides is 1. The first-order valence-electron chi connectivity index (χ1n) is 10.0. The number of halogens is 1. The normalized spacial score (nSPS) is 14.0. The average molecular weight is 457 g/mol. The molecule has 1 atom stereocenters. The maximum absolute atomic E-state index is 12.9. The van der Waals surface area contributed by atoms with Crippen molar-refractivity contribution in [1.82, 2.24) is 4.90 Å². The first-order valence-corrected chi connectivity index (χ1v) is 10.4. The van der Waals surface area contributed by atoms with Gasteiger partial charge in [0, 0.05) is 17.1 Å². The van der Waals surface area contributed by atoms with E-state index in [1.807, 2.05) is 26.0 Å². The third-order valence-corrected chi connectivity index (χ3v) is 5.81. The lowest BCUT2D eigenvalue weighted by molar-refractivity contribution is -0.118. The molecular formula is C22H21ClN4O5. The van der Waals surface area contributed by atoms with E-state index in [2.05, 4.69) is 10.6 Å². The number of aryl methyl sites for hydroxylation is 1. The molecule has 9 nitrogen and oxygen atoms in total. The molecule has 0 spiro atoms. The number of rotatable bonds is 8. The van der Waals surface area contributed by atoms with Gasteiger partial charge in [-0.25, -0.2) is 0 Å². The van der Waals surface area contributed by atoms with Crippen molar-refractivity contribution in [2.24, 2.45) is 5.73 Å². The number of carbonyl (C=O) groups is 2. The van der Waals surface area contributed by atoms with Gasteiger partial charge in [0.05, 0.1) is 23.8 Å². The van der Waals surface area contributed by atoms with E-state index in [0.29, 0.717) is 28.5 Å². The van der Waals surface area contributed by atoms with E-state index in [-0.39, 0.29) is 36.1 Å². The summed E-state index contributed by atoms with van der Waals surface area (Å²) in [6.45, 7) is 3.61. The Morgan fingerprint density at radius 1 is 1.19 bits per heavy atom. The second-order valence-electron chi connectivity index (χ2n) is 7.66. The number of anilines is 3. The summed E-state index contributed by atoms with van der Waals surface area (Å²) < 4.78 is 5.65. The Labute approximate surface area is 187 Å². The third-order valence-electron chi connectivity index (χ3n) is 5.45. The summed E-state index contributed by atoms with van der Waals surface area (Å²) in [6.07, 6.45) is 0.613. The fourth-order valence-electron chi connectivity index (χ4n) is 3.83. The molecule has 0 aliphatic carbocycles. The minimum Gasteiger partial charge on any atom is -0.464 e. The highest BCUT2D eigenvalue weighted by Gasteiger charge is 2.34. The summed E-state index contributed by atoms with van der Waals surface area (Å²) in [6, 6.07) is 6.47. The molecule has 0 fully saturated rings. The largest absolute Gasteiger partial charge is 0.464 e. The smallest absolute Gasteiger partial charge is 0.257 e. The van der Waals surface area contributed by atoms with Gasteiger partial charge in [0.25, 0.3) is 16.8 Å². The van der Waals surface area contributed by atoms with Gasteiger partial charge in [-0.2, -0.15) is 0 Å². The van der Waals surface area contributed by atoms with Crippen molar-refractivity contribution in [3.8, 4) is 0 Å². The van der Waals surface area contributed by atoms with Crippen LogP contribution in [-0.4, -0.2) is 23.3 Å². The lowest BCUT2D eigenvalue weighted by Crippen LogP contribution is -2.37. The highest BCUT2D eigenvalue weighted by atomic mass is 35.5. The highest BCUT2D eigenvalue weighted by molar-refractivity contribution is 6.32. The van der Waals surface area contributed by atoms with E-state index < -0.39 is 22.7 Å². The van der Waals surface area contributed by atoms with Crippen LogP contribution in [0, 0.1) is 6.92 Å². The molecule has 2 aromatic carbocycles. The number of carbonyl (C=O) groups excluding carboxylic acids is 2. The lowest BCUT2D eigenvalue weighted by Gasteiger charge is -2.21. The van der Waals surface area contributed by atoms with Crippen molar-refractivity contribution in [3.05, 3.63) is 72.4 Å². The van der Waals surface area contributed by atoms with Crippen LogP contribution >= 0.6 is 11.6 Å². The number of nitrogens with zero attached hydrogens (tertiary/aromatic N) is 1. The van der Waals surface area contributed by atoms with Gasteiger partial charge < -0.3 is 25.7 Å². The molecule has 166 valence electrons. The third kappa shape index (κ3) is 3.64. The standard InChI is InChI=1S/C22H21ClN4O5/c1-3-13(15-7-4-10(2)32-15)25-18-19(21(30)20(18)29)26-14-6-5-12(23)11-8-27(9-16(24)28)22(31)17(11)14/h4-7,13,25-26H,3,8-9H2,1-2H3,(H2,24,28).